The Morgan fingerprint density at radius 2 is 1.74 bits per heavy atom. The molecule has 0 aromatic heterocycles. The van der Waals surface area contributed by atoms with Crippen molar-refractivity contribution in [1.82, 2.24) is 0 Å². The molecule has 3 nitrogen and oxygen atoms in total. The van der Waals surface area contributed by atoms with Crippen LogP contribution in [0, 0.1) is 0 Å². The Bertz CT molecular complexity index is 320. The van der Waals surface area contributed by atoms with Crippen molar-refractivity contribution >= 4 is 16.5 Å². The van der Waals surface area contributed by atoms with Crippen molar-refractivity contribution < 1.29 is 15.1 Å². The van der Waals surface area contributed by atoms with Crippen molar-refractivity contribution in [1.29, 1.82) is 0 Å². The first-order valence-electron chi connectivity index (χ1n) is 7.67. The monoisotopic (exact) mass is 307 g/mol. The van der Waals surface area contributed by atoms with E-state index in [4.69, 9.17) is 15.1 Å². The summed E-state index contributed by atoms with van der Waals surface area (Å²) in [5.41, 5.74) is 0. The standard InChI is InChI=1S/C14H31O3PSi/c1-10-12(16-18(6)7)13(11(2)15-10)17-19(8,9)14(3,4)5/h10-13H,1-9H3/t10-,11+,12?,13-/m1/s1/i1D. The Hall–Kier alpha value is 0.527. The molecule has 5 heteroatoms. The Balaban J connectivity index is 2.89. The molecule has 1 aliphatic heterocycles. The van der Waals surface area contributed by atoms with E-state index < -0.39 is 16.5 Å². The molecule has 0 amide bonds. The second-order valence-corrected chi connectivity index (χ2v) is 13.7. The van der Waals surface area contributed by atoms with Crippen molar-refractivity contribution in [2.45, 2.75) is 77.1 Å². The highest BCUT2D eigenvalue weighted by Crippen LogP contribution is 2.42. The molecule has 0 N–H and O–H groups in total. The van der Waals surface area contributed by atoms with Gasteiger partial charge < -0.3 is 13.7 Å². The van der Waals surface area contributed by atoms with Crippen LogP contribution < -0.4 is 0 Å². The molecule has 0 aromatic carbocycles. The first-order chi connectivity index (χ1) is 8.99. The van der Waals surface area contributed by atoms with Crippen LogP contribution in [0.2, 0.25) is 18.1 Å². The Morgan fingerprint density at radius 3 is 2.16 bits per heavy atom. The summed E-state index contributed by atoms with van der Waals surface area (Å²) < 4.78 is 26.2. The summed E-state index contributed by atoms with van der Waals surface area (Å²) in [6, 6.07) is 0. The molecule has 0 spiro atoms. The van der Waals surface area contributed by atoms with E-state index >= 15 is 0 Å². The molecule has 0 saturated carbocycles. The van der Waals surface area contributed by atoms with Crippen LogP contribution in [0.4, 0.5) is 0 Å². The third kappa shape index (κ3) is 4.24. The van der Waals surface area contributed by atoms with Crippen molar-refractivity contribution in [2.24, 2.45) is 0 Å². The molecule has 1 saturated heterocycles. The lowest BCUT2D eigenvalue weighted by atomic mass is 10.1. The predicted molar refractivity (Wildman–Crippen MR) is 85.7 cm³/mol. The molecule has 0 bridgehead atoms. The summed E-state index contributed by atoms with van der Waals surface area (Å²) in [5.74, 6) is 0. The van der Waals surface area contributed by atoms with E-state index in [2.05, 4.69) is 47.2 Å². The SMILES string of the molecule is [2H]C[C@H]1O[C@@H](C)[C@@H](O[Si](C)(C)C(C)(C)C)C1OP(C)C. The van der Waals surface area contributed by atoms with Gasteiger partial charge in [0, 0.05) is 9.52 Å². The third-order valence-electron chi connectivity index (χ3n) is 4.11. The van der Waals surface area contributed by atoms with Gasteiger partial charge in [-0.05, 0) is 45.3 Å². The zero-order chi connectivity index (χ0) is 15.7. The molecule has 1 fully saturated rings. The van der Waals surface area contributed by atoms with Gasteiger partial charge in [0.25, 0.3) is 0 Å². The Morgan fingerprint density at radius 1 is 1.16 bits per heavy atom. The molecule has 0 aliphatic carbocycles. The van der Waals surface area contributed by atoms with Crippen molar-refractivity contribution in [3.05, 3.63) is 0 Å². The number of hydrogen-bond donors (Lipinski definition) is 0. The summed E-state index contributed by atoms with van der Waals surface area (Å²) in [6.07, 6.45) is -0.307. The molecule has 0 radical (unpaired) electrons. The number of rotatable bonds is 4. The maximum Gasteiger partial charge on any atom is 0.192 e. The largest absolute Gasteiger partial charge is 0.409 e. The molecule has 1 unspecified atom stereocenters. The van der Waals surface area contributed by atoms with Crippen LogP contribution in [0.1, 0.15) is 36.0 Å². The number of hydrogen-bond acceptors (Lipinski definition) is 3. The lowest BCUT2D eigenvalue weighted by Crippen LogP contribution is -2.49. The van der Waals surface area contributed by atoms with Gasteiger partial charge in [0.2, 0.25) is 0 Å². The van der Waals surface area contributed by atoms with Gasteiger partial charge >= 0.3 is 0 Å². The lowest BCUT2D eigenvalue weighted by Gasteiger charge is -2.40. The van der Waals surface area contributed by atoms with E-state index in [0.29, 0.717) is 0 Å². The van der Waals surface area contributed by atoms with Crippen LogP contribution in [-0.4, -0.2) is 46.1 Å². The smallest absolute Gasteiger partial charge is 0.192 e. The van der Waals surface area contributed by atoms with Gasteiger partial charge in [0.1, 0.15) is 6.10 Å². The fourth-order valence-electron chi connectivity index (χ4n) is 1.96. The van der Waals surface area contributed by atoms with E-state index in [0.717, 1.165) is 0 Å². The van der Waals surface area contributed by atoms with Crippen LogP contribution in [-0.2, 0) is 13.7 Å². The predicted octanol–water partition coefficient (Wildman–Crippen LogP) is 4.23. The molecular weight excluding hydrogens is 275 g/mol. The van der Waals surface area contributed by atoms with Gasteiger partial charge in [-0.2, -0.15) is 0 Å². The van der Waals surface area contributed by atoms with Crippen molar-refractivity contribution in [3.8, 4) is 0 Å². The third-order valence-corrected chi connectivity index (χ3v) is 9.25. The van der Waals surface area contributed by atoms with Crippen molar-refractivity contribution in [3.63, 3.8) is 0 Å². The zero-order valence-corrected chi connectivity index (χ0v) is 15.6. The minimum absolute atomic E-state index is 0.000532. The normalized spacial score (nSPS) is 33.8. The summed E-state index contributed by atoms with van der Waals surface area (Å²) in [5, 5.41) is 0.166. The summed E-state index contributed by atoms with van der Waals surface area (Å²) >= 11 is 0. The second kappa shape index (κ2) is 6.11. The van der Waals surface area contributed by atoms with E-state index in [1.54, 1.807) is 0 Å². The van der Waals surface area contributed by atoms with Crippen LogP contribution in [0.3, 0.4) is 0 Å². The quantitative estimate of drug-likeness (QED) is 0.575. The van der Waals surface area contributed by atoms with Gasteiger partial charge in [-0.3, -0.25) is 0 Å². The minimum atomic E-state index is -1.86. The van der Waals surface area contributed by atoms with E-state index in [1.165, 1.54) is 0 Å². The highest BCUT2D eigenvalue weighted by Gasteiger charge is 2.48. The molecule has 19 heavy (non-hydrogen) atoms. The minimum Gasteiger partial charge on any atom is -0.409 e. The first kappa shape index (κ1) is 15.9. The highest BCUT2D eigenvalue weighted by molar-refractivity contribution is 7.50. The number of ether oxygens (including phenoxy) is 1. The van der Waals surface area contributed by atoms with E-state index in [9.17, 15) is 0 Å². The maximum atomic E-state index is 7.67. The van der Waals surface area contributed by atoms with Crippen LogP contribution in [0.5, 0.6) is 0 Å². The van der Waals surface area contributed by atoms with Crippen LogP contribution in [0.25, 0.3) is 0 Å². The molecule has 4 atom stereocenters. The Labute approximate surface area is 122 Å². The summed E-state index contributed by atoms with van der Waals surface area (Å²) in [4.78, 5) is 0. The van der Waals surface area contributed by atoms with Gasteiger partial charge in [-0.25, -0.2) is 0 Å². The van der Waals surface area contributed by atoms with Crippen molar-refractivity contribution in [2.75, 3.05) is 13.3 Å². The zero-order valence-electron chi connectivity index (χ0n) is 14.7. The molecule has 114 valence electrons. The molecular formula is C14H31O3PSi. The second-order valence-electron chi connectivity index (χ2n) is 7.10. The molecule has 0 aromatic rings. The van der Waals surface area contributed by atoms with Gasteiger partial charge in [-0.1, -0.05) is 20.8 Å². The maximum absolute atomic E-state index is 7.67. The summed E-state index contributed by atoms with van der Waals surface area (Å²) in [6.45, 7) is 17.7. The van der Waals surface area contributed by atoms with Gasteiger partial charge in [-0.15, -0.1) is 0 Å². The van der Waals surface area contributed by atoms with E-state index in [1.807, 2.05) is 6.92 Å². The molecule has 1 rings (SSSR count). The first-order valence-corrected chi connectivity index (χ1v) is 12.0. The van der Waals surface area contributed by atoms with Crippen LogP contribution >= 0.6 is 8.15 Å². The van der Waals surface area contributed by atoms with Gasteiger partial charge in [0.15, 0.2) is 8.32 Å². The van der Waals surface area contributed by atoms with Gasteiger partial charge in [0.05, 0.1) is 18.3 Å². The topological polar surface area (TPSA) is 27.7 Å². The Kier molecular flexibility index (Phi) is 5.11. The molecule has 1 aliphatic rings. The lowest BCUT2D eigenvalue weighted by molar-refractivity contribution is 0.0314. The fraction of sp³-hybridized carbons (Fsp3) is 1.00. The highest BCUT2D eigenvalue weighted by atomic mass is 31.1. The van der Waals surface area contributed by atoms with E-state index in [-0.39, 0.29) is 36.4 Å². The van der Waals surface area contributed by atoms with Crippen LogP contribution in [0.15, 0.2) is 0 Å². The molecule has 1 heterocycles. The summed E-state index contributed by atoms with van der Waals surface area (Å²) in [7, 11) is -2.35. The average molecular weight is 307 g/mol. The fourth-order valence-corrected chi connectivity index (χ4v) is 4.06. The average Bonchev–Trinajstić information content (AvgIpc) is 2.54.